The Bertz CT molecular complexity index is 939. The molecule has 4 N–H and O–H groups in total. The van der Waals surface area contributed by atoms with Crippen molar-refractivity contribution in [2.24, 2.45) is 10.8 Å². The Morgan fingerprint density at radius 1 is 1.31 bits per heavy atom. The summed E-state index contributed by atoms with van der Waals surface area (Å²) >= 11 is 0. The molecule has 1 aliphatic heterocycles. The Balaban J connectivity index is 1.81. The molecule has 2 heterocycles. The number of ether oxygens (including phenoxy) is 1. The number of hydrazone groups is 1. The molecule has 1 aromatic carbocycles. The second kappa shape index (κ2) is 9.02. The number of hydrogen-bond acceptors (Lipinski definition) is 7. The monoisotopic (exact) mass is 399 g/mol. The van der Waals surface area contributed by atoms with Gasteiger partial charge in [-0.05, 0) is 18.2 Å². The van der Waals surface area contributed by atoms with Crippen molar-refractivity contribution in [3.63, 3.8) is 0 Å². The zero-order valence-electron chi connectivity index (χ0n) is 15.8. The summed E-state index contributed by atoms with van der Waals surface area (Å²) in [5.41, 5.74) is 8.08. The predicted molar refractivity (Wildman–Crippen MR) is 104 cm³/mol. The molecule has 1 aromatic heterocycles. The van der Waals surface area contributed by atoms with Gasteiger partial charge in [-0.3, -0.25) is 9.59 Å². The first-order valence-corrected chi connectivity index (χ1v) is 8.88. The number of nitrogens with two attached hydrogens (primary N) is 1. The van der Waals surface area contributed by atoms with Gasteiger partial charge in [0.25, 0.3) is 5.91 Å². The molecule has 0 aliphatic carbocycles. The van der Waals surface area contributed by atoms with Crippen molar-refractivity contribution in [1.29, 1.82) is 0 Å². The van der Waals surface area contributed by atoms with Crippen LogP contribution in [0.5, 0.6) is 0 Å². The number of amides is 3. The summed E-state index contributed by atoms with van der Waals surface area (Å²) in [4.78, 5) is 37.2. The summed E-state index contributed by atoms with van der Waals surface area (Å²) in [6, 6.07) is 9.05. The number of hydrogen-bond donors (Lipinski definition) is 3. The van der Waals surface area contributed by atoms with E-state index in [1.807, 2.05) is 0 Å². The van der Waals surface area contributed by atoms with E-state index in [0.29, 0.717) is 35.7 Å². The Morgan fingerprint density at radius 3 is 2.86 bits per heavy atom. The molecule has 0 radical (unpaired) electrons. The van der Waals surface area contributed by atoms with Crippen molar-refractivity contribution >= 4 is 24.1 Å². The Kier molecular flexibility index (Phi) is 6.25. The van der Waals surface area contributed by atoms with Gasteiger partial charge in [-0.2, -0.15) is 5.10 Å². The van der Waals surface area contributed by atoms with Crippen molar-refractivity contribution in [2.45, 2.75) is 6.04 Å². The van der Waals surface area contributed by atoms with Crippen molar-refractivity contribution in [3.8, 4) is 11.3 Å². The number of primary amides is 1. The van der Waals surface area contributed by atoms with Crippen LogP contribution in [0.1, 0.15) is 16.1 Å². The quantitative estimate of drug-likeness (QED) is 0.381. The second-order valence-corrected chi connectivity index (χ2v) is 6.26. The van der Waals surface area contributed by atoms with Crippen LogP contribution in [-0.2, 0) is 9.53 Å². The van der Waals surface area contributed by atoms with Gasteiger partial charge < -0.3 is 25.1 Å². The number of esters is 1. The summed E-state index contributed by atoms with van der Waals surface area (Å²) < 4.78 is 10.5. The molecule has 2 aromatic rings. The molecule has 152 valence electrons. The van der Waals surface area contributed by atoms with Gasteiger partial charge in [0.05, 0.1) is 18.9 Å². The molecule has 0 unspecified atom stereocenters. The lowest BCUT2D eigenvalue weighted by molar-refractivity contribution is -0.144. The molecule has 0 spiro atoms. The fraction of sp³-hybridized carbons (Fsp3) is 0.263. The van der Waals surface area contributed by atoms with Crippen LogP contribution in [0.25, 0.3) is 11.3 Å². The predicted octanol–water partition coefficient (Wildman–Crippen LogP) is 0.536. The lowest BCUT2D eigenvalue weighted by atomic mass is 10.0. The molecule has 1 atom stereocenters. The summed E-state index contributed by atoms with van der Waals surface area (Å²) in [6.07, 6.45) is 1.30. The highest BCUT2D eigenvalue weighted by atomic mass is 16.5. The van der Waals surface area contributed by atoms with Gasteiger partial charge in [-0.15, -0.1) is 0 Å². The molecule has 29 heavy (non-hydrogen) atoms. The number of nitrogens with zero attached hydrogens (tertiary/aromatic N) is 2. The molecule has 1 saturated heterocycles. The van der Waals surface area contributed by atoms with Crippen molar-refractivity contribution in [1.82, 2.24) is 15.6 Å². The first-order chi connectivity index (χ1) is 14.0. The number of benzene rings is 1. The number of carbonyl (C=O) groups is 3. The maximum Gasteiger partial charge on any atom is 0.332 e. The third kappa shape index (κ3) is 4.79. The second-order valence-electron chi connectivity index (χ2n) is 6.26. The van der Waals surface area contributed by atoms with E-state index in [-0.39, 0.29) is 12.5 Å². The van der Waals surface area contributed by atoms with Crippen molar-refractivity contribution in [2.75, 3.05) is 26.7 Å². The average Bonchev–Trinajstić information content (AvgIpc) is 3.21. The molecule has 0 bridgehead atoms. The number of rotatable bonds is 5. The van der Waals surface area contributed by atoms with Crippen molar-refractivity contribution < 1.29 is 23.5 Å². The highest BCUT2D eigenvalue weighted by Crippen LogP contribution is 2.27. The minimum atomic E-state index is -0.787. The van der Waals surface area contributed by atoms with E-state index in [1.54, 1.807) is 41.3 Å². The number of piperazine rings is 1. The van der Waals surface area contributed by atoms with Crippen LogP contribution in [0.3, 0.4) is 0 Å². The highest BCUT2D eigenvalue weighted by molar-refractivity contribution is 6.00. The van der Waals surface area contributed by atoms with Crippen LogP contribution < -0.4 is 16.5 Å². The van der Waals surface area contributed by atoms with Gasteiger partial charge in [0.2, 0.25) is 0 Å². The molecule has 3 amide bonds. The molecule has 10 nitrogen and oxygen atoms in total. The minimum Gasteiger partial charge on any atom is -0.468 e. The van der Waals surface area contributed by atoms with Crippen LogP contribution in [-0.4, -0.2) is 61.8 Å². The Morgan fingerprint density at radius 2 is 2.10 bits per heavy atom. The van der Waals surface area contributed by atoms with E-state index < -0.39 is 18.0 Å². The largest absolute Gasteiger partial charge is 0.468 e. The number of methoxy groups -OCH3 is 1. The first kappa shape index (κ1) is 20.1. The minimum absolute atomic E-state index is 0.210. The van der Waals surface area contributed by atoms with Crippen LogP contribution >= 0.6 is 0 Å². The van der Waals surface area contributed by atoms with Crippen molar-refractivity contribution in [3.05, 3.63) is 47.7 Å². The lowest BCUT2D eigenvalue weighted by Gasteiger charge is -2.32. The maximum absolute atomic E-state index is 13.1. The summed E-state index contributed by atoms with van der Waals surface area (Å²) in [5.74, 6) is 0.228. The third-order valence-corrected chi connectivity index (χ3v) is 4.36. The van der Waals surface area contributed by atoms with Gasteiger partial charge in [-0.1, -0.05) is 18.2 Å². The topological polar surface area (TPSA) is 139 Å². The first-order valence-electron chi connectivity index (χ1n) is 8.88. The Hall–Kier alpha value is -3.66. The van der Waals surface area contributed by atoms with Gasteiger partial charge >= 0.3 is 12.0 Å². The fourth-order valence-electron chi connectivity index (χ4n) is 3.02. The summed E-state index contributed by atoms with van der Waals surface area (Å²) in [7, 11) is 1.32. The van der Waals surface area contributed by atoms with E-state index in [4.69, 9.17) is 14.9 Å². The van der Waals surface area contributed by atoms with Crippen LogP contribution in [0.4, 0.5) is 4.79 Å². The van der Waals surface area contributed by atoms with Crippen LogP contribution in [0.15, 0.2) is 45.9 Å². The summed E-state index contributed by atoms with van der Waals surface area (Å²) in [5, 5.41) is 6.69. The smallest absolute Gasteiger partial charge is 0.332 e. The molecule has 1 aliphatic rings. The summed E-state index contributed by atoms with van der Waals surface area (Å²) in [6.45, 7) is 1.17. The SMILES string of the molecule is COC(=O)[C@@H]1CN(C(=O)c2ccccc2-c2ccc(/C=N/NC(N)=O)o2)CCN1. The van der Waals surface area contributed by atoms with E-state index in [1.165, 1.54) is 13.3 Å². The van der Waals surface area contributed by atoms with Gasteiger partial charge in [-0.25, -0.2) is 10.2 Å². The lowest BCUT2D eigenvalue weighted by Crippen LogP contribution is -2.56. The average molecular weight is 399 g/mol. The molecular formula is C19H21N5O5. The van der Waals surface area contributed by atoms with Crippen LogP contribution in [0, 0.1) is 0 Å². The maximum atomic E-state index is 13.1. The zero-order valence-corrected chi connectivity index (χ0v) is 15.8. The van der Waals surface area contributed by atoms with Gasteiger partial charge in [0, 0.05) is 25.2 Å². The number of furan rings is 1. The van der Waals surface area contributed by atoms with E-state index >= 15 is 0 Å². The van der Waals surface area contributed by atoms with E-state index in [2.05, 4.69) is 15.8 Å². The Labute approximate surface area is 166 Å². The molecule has 1 fully saturated rings. The number of urea groups is 1. The van der Waals surface area contributed by atoms with Gasteiger partial charge in [0.15, 0.2) is 0 Å². The van der Waals surface area contributed by atoms with Crippen LogP contribution in [0.2, 0.25) is 0 Å². The standard InChI is InChI=1S/C19H21N5O5/c1-28-18(26)15-11-24(9-8-21-15)17(25)14-5-3-2-4-13(14)16-7-6-12(29-16)10-22-23-19(20)27/h2-7,10,15,21H,8-9,11H2,1H3,(H3,20,23,27)/b22-10+/t15-/m0/s1. The molecule has 3 rings (SSSR count). The van der Waals surface area contributed by atoms with E-state index in [9.17, 15) is 14.4 Å². The number of carbonyl (C=O) groups excluding carboxylic acids is 3. The van der Waals surface area contributed by atoms with E-state index in [0.717, 1.165) is 0 Å². The zero-order chi connectivity index (χ0) is 20.8. The third-order valence-electron chi connectivity index (χ3n) is 4.36. The molecule has 10 heteroatoms. The fourth-order valence-corrected chi connectivity index (χ4v) is 3.02. The normalized spacial score (nSPS) is 16.6. The van der Waals surface area contributed by atoms with Gasteiger partial charge in [0.1, 0.15) is 17.6 Å². The molecule has 0 saturated carbocycles. The molecular weight excluding hydrogens is 378 g/mol. The highest BCUT2D eigenvalue weighted by Gasteiger charge is 2.30. The number of nitrogens with one attached hydrogen (secondary N) is 2.